The first-order valence-electron chi connectivity index (χ1n) is 7.07. The lowest BCUT2D eigenvalue weighted by atomic mass is 10.0. The van der Waals surface area contributed by atoms with Crippen LogP contribution < -0.4 is 5.32 Å². The van der Waals surface area contributed by atoms with Gasteiger partial charge in [-0.05, 0) is 31.2 Å². The summed E-state index contributed by atoms with van der Waals surface area (Å²) in [4.78, 5) is 19.8. The topological polar surface area (TPSA) is 78.0 Å². The number of fused-ring (bicyclic) bond motifs is 1. The van der Waals surface area contributed by atoms with E-state index in [-0.39, 0.29) is 6.42 Å². The quantitative estimate of drug-likeness (QED) is 0.692. The molecule has 1 atom stereocenters. The zero-order valence-electron chi connectivity index (χ0n) is 12.2. The molecule has 0 saturated carbocycles. The van der Waals surface area contributed by atoms with E-state index in [0.717, 1.165) is 11.0 Å². The van der Waals surface area contributed by atoms with Gasteiger partial charge in [-0.2, -0.15) is 0 Å². The SMILES string of the molecule is CC(O)(Cc1nc2ccccc2[nH]1)C(=O)Nc1ccccc1. The third-order valence-corrected chi connectivity index (χ3v) is 3.47. The second-order valence-electron chi connectivity index (χ2n) is 5.47. The lowest BCUT2D eigenvalue weighted by molar-refractivity contribution is -0.132. The van der Waals surface area contributed by atoms with E-state index in [9.17, 15) is 9.90 Å². The highest BCUT2D eigenvalue weighted by atomic mass is 16.3. The van der Waals surface area contributed by atoms with E-state index < -0.39 is 11.5 Å². The number of nitrogens with zero attached hydrogens (tertiary/aromatic N) is 1. The summed E-state index contributed by atoms with van der Waals surface area (Å²) < 4.78 is 0. The van der Waals surface area contributed by atoms with Crippen LogP contribution in [0.2, 0.25) is 0 Å². The molecule has 1 heterocycles. The number of benzene rings is 2. The predicted octanol–water partition coefficient (Wildman–Crippen LogP) is 2.50. The highest BCUT2D eigenvalue weighted by Gasteiger charge is 2.31. The van der Waals surface area contributed by atoms with Crippen LogP contribution >= 0.6 is 0 Å². The summed E-state index contributed by atoms with van der Waals surface area (Å²) >= 11 is 0. The van der Waals surface area contributed by atoms with Crippen LogP contribution in [0.15, 0.2) is 54.6 Å². The smallest absolute Gasteiger partial charge is 0.256 e. The molecule has 0 spiro atoms. The molecule has 0 saturated heterocycles. The molecule has 5 nitrogen and oxygen atoms in total. The van der Waals surface area contributed by atoms with Gasteiger partial charge in [0.2, 0.25) is 0 Å². The first-order valence-corrected chi connectivity index (χ1v) is 7.07. The van der Waals surface area contributed by atoms with Gasteiger partial charge in [-0.25, -0.2) is 4.98 Å². The van der Waals surface area contributed by atoms with E-state index in [1.54, 1.807) is 12.1 Å². The number of rotatable bonds is 4. The normalized spacial score (nSPS) is 13.7. The fourth-order valence-corrected chi connectivity index (χ4v) is 2.28. The van der Waals surface area contributed by atoms with Crippen molar-refractivity contribution >= 4 is 22.6 Å². The third kappa shape index (κ3) is 2.99. The van der Waals surface area contributed by atoms with Crippen molar-refractivity contribution in [1.82, 2.24) is 9.97 Å². The van der Waals surface area contributed by atoms with Gasteiger partial charge in [0.15, 0.2) is 0 Å². The Hall–Kier alpha value is -2.66. The highest BCUT2D eigenvalue weighted by Crippen LogP contribution is 2.17. The largest absolute Gasteiger partial charge is 0.380 e. The highest BCUT2D eigenvalue weighted by molar-refractivity contribution is 5.97. The Morgan fingerprint density at radius 3 is 2.59 bits per heavy atom. The Bertz CT molecular complexity index is 761. The van der Waals surface area contributed by atoms with Crippen LogP contribution in [0.3, 0.4) is 0 Å². The molecule has 112 valence electrons. The summed E-state index contributed by atoms with van der Waals surface area (Å²) in [6.45, 7) is 1.48. The molecular weight excluding hydrogens is 278 g/mol. The minimum absolute atomic E-state index is 0.111. The number of nitrogens with one attached hydrogen (secondary N) is 2. The predicted molar refractivity (Wildman–Crippen MR) is 85.5 cm³/mol. The van der Waals surface area contributed by atoms with E-state index in [4.69, 9.17) is 0 Å². The average Bonchev–Trinajstić information content (AvgIpc) is 2.89. The van der Waals surface area contributed by atoms with Crippen molar-refractivity contribution in [3.8, 4) is 0 Å². The lowest BCUT2D eigenvalue weighted by Gasteiger charge is -2.21. The van der Waals surface area contributed by atoms with E-state index in [1.807, 2.05) is 42.5 Å². The van der Waals surface area contributed by atoms with Crippen molar-refractivity contribution in [3.63, 3.8) is 0 Å². The van der Waals surface area contributed by atoms with Crippen LogP contribution in [-0.2, 0) is 11.2 Å². The van der Waals surface area contributed by atoms with Gasteiger partial charge < -0.3 is 15.4 Å². The van der Waals surface area contributed by atoms with Crippen LogP contribution in [0, 0.1) is 0 Å². The van der Waals surface area contributed by atoms with Crippen LogP contribution in [0.4, 0.5) is 5.69 Å². The van der Waals surface area contributed by atoms with Crippen LogP contribution in [-0.4, -0.2) is 26.6 Å². The molecule has 0 aliphatic rings. The minimum atomic E-state index is -1.55. The summed E-state index contributed by atoms with van der Waals surface area (Å²) in [6.07, 6.45) is 0.111. The molecule has 3 aromatic rings. The molecule has 3 N–H and O–H groups in total. The zero-order valence-corrected chi connectivity index (χ0v) is 12.2. The second-order valence-corrected chi connectivity index (χ2v) is 5.47. The third-order valence-electron chi connectivity index (χ3n) is 3.47. The van der Waals surface area contributed by atoms with Gasteiger partial charge in [0.05, 0.1) is 11.0 Å². The number of aliphatic hydroxyl groups is 1. The van der Waals surface area contributed by atoms with Crippen molar-refractivity contribution in [3.05, 3.63) is 60.4 Å². The zero-order chi connectivity index (χ0) is 15.6. The molecule has 0 bridgehead atoms. The Labute approximate surface area is 128 Å². The van der Waals surface area contributed by atoms with E-state index in [0.29, 0.717) is 11.5 Å². The number of aromatic amines is 1. The van der Waals surface area contributed by atoms with Gasteiger partial charge >= 0.3 is 0 Å². The van der Waals surface area contributed by atoms with Crippen molar-refractivity contribution in [2.45, 2.75) is 18.9 Å². The molecule has 1 amide bonds. The molecule has 1 aromatic heterocycles. The molecule has 1 unspecified atom stereocenters. The number of hydrogen-bond acceptors (Lipinski definition) is 3. The fraction of sp³-hybridized carbons (Fsp3) is 0.176. The van der Waals surface area contributed by atoms with Gasteiger partial charge in [0, 0.05) is 12.1 Å². The Balaban J connectivity index is 1.76. The van der Waals surface area contributed by atoms with Crippen molar-refractivity contribution in [2.75, 3.05) is 5.32 Å². The maximum Gasteiger partial charge on any atom is 0.256 e. The number of aromatic nitrogens is 2. The number of amides is 1. The Kier molecular flexibility index (Phi) is 3.65. The van der Waals surface area contributed by atoms with E-state index >= 15 is 0 Å². The number of H-pyrrole nitrogens is 1. The fourth-order valence-electron chi connectivity index (χ4n) is 2.28. The van der Waals surface area contributed by atoms with E-state index in [1.165, 1.54) is 6.92 Å². The molecule has 2 aromatic carbocycles. The van der Waals surface area contributed by atoms with Crippen LogP contribution in [0.5, 0.6) is 0 Å². The van der Waals surface area contributed by atoms with Crippen LogP contribution in [0.25, 0.3) is 11.0 Å². The van der Waals surface area contributed by atoms with Crippen molar-refractivity contribution in [1.29, 1.82) is 0 Å². The monoisotopic (exact) mass is 295 g/mol. The number of hydrogen-bond donors (Lipinski definition) is 3. The molecule has 5 heteroatoms. The summed E-state index contributed by atoms with van der Waals surface area (Å²) in [5.74, 6) is 0.119. The number of carbonyl (C=O) groups is 1. The molecule has 0 aliphatic carbocycles. The number of anilines is 1. The summed E-state index contributed by atoms with van der Waals surface area (Å²) in [5.41, 5.74) is 0.801. The number of carbonyl (C=O) groups excluding carboxylic acids is 1. The Morgan fingerprint density at radius 1 is 1.18 bits per heavy atom. The molecule has 3 rings (SSSR count). The van der Waals surface area contributed by atoms with Gasteiger partial charge in [-0.1, -0.05) is 30.3 Å². The molecular formula is C17H17N3O2. The molecule has 0 radical (unpaired) electrons. The minimum Gasteiger partial charge on any atom is -0.380 e. The Morgan fingerprint density at radius 2 is 1.86 bits per heavy atom. The lowest BCUT2D eigenvalue weighted by Crippen LogP contribution is -2.42. The van der Waals surface area contributed by atoms with Crippen molar-refractivity contribution < 1.29 is 9.90 Å². The van der Waals surface area contributed by atoms with Gasteiger partial charge in [-0.3, -0.25) is 4.79 Å². The summed E-state index contributed by atoms with van der Waals surface area (Å²) in [7, 11) is 0. The maximum atomic E-state index is 12.3. The first-order chi connectivity index (χ1) is 10.5. The van der Waals surface area contributed by atoms with E-state index in [2.05, 4.69) is 15.3 Å². The van der Waals surface area contributed by atoms with Crippen LogP contribution in [0.1, 0.15) is 12.7 Å². The second kappa shape index (κ2) is 5.61. The summed E-state index contributed by atoms with van der Waals surface area (Å²) in [6, 6.07) is 16.6. The average molecular weight is 295 g/mol. The van der Waals surface area contributed by atoms with Gasteiger partial charge in [0.1, 0.15) is 11.4 Å². The van der Waals surface area contributed by atoms with Crippen molar-refractivity contribution in [2.24, 2.45) is 0 Å². The van der Waals surface area contributed by atoms with Gasteiger partial charge in [0.25, 0.3) is 5.91 Å². The number of para-hydroxylation sites is 3. The van der Waals surface area contributed by atoms with Gasteiger partial charge in [-0.15, -0.1) is 0 Å². The summed E-state index contributed by atoms with van der Waals surface area (Å²) in [5, 5.41) is 13.2. The maximum absolute atomic E-state index is 12.3. The standard InChI is InChI=1S/C17H17N3O2/c1-17(22,16(21)18-12-7-3-2-4-8-12)11-15-19-13-9-5-6-10-14(13)20-15/h2-10,22H,11H2,1H3,(H,18,21)(H,19,20). The molecule has 0 fully saturated rings. The molecule has 0 aliphatic heterocycles. The first kappa shape index (κ1) is 14.3. The number of imidazole rings is 1. The molecule has 22 heavy (non-hydrogen) atoms.